The van der Waals surface area contributed by atoms with Gasteiger partial charge in [0.15, 0.2) is 11.5 Å². The largest absolute Gasteiger partial charge is 0.353 e. The number of aromatic nitrogens is 6. The van der Waals surface area contributed by atoms with Crippen molar-refractivity contribution in [1.82, 2.24) is 34.8 Å². The van der Waals surface area contributed by atoms with Crippen LogP contribution in [0.2, 0.25) is 0 Å². The molecule has 2 fully saturated rings. The highest BCUT2D eigenvalue weighted by Crippen LogP contribution is 2.38. The Morgan fingerprint density at radius 3 is 2.80 bits per heavy atom. The van der Waals surface area contributed by atoms with E-state index in [1.165, 1.54) is 12.8 Å². The van der Waals surface area contributed by atoms with Crippen LogP contribution in [-0.2, 0) is 13.6 Å². The number of hydrogen-bond acceptors (Lipinski definition) is 8. The van der Waals surface area contributed by atoms with Crippen LogP contribution in [0.1, 0.15) is 30.5 Å². The molecule has 1 saturated carbocycles. The summed E-state index contributed by atoms with van der Waals surface area (Å²) in [5.41, 5.74) is 0.867. The van der Waals surface area contributed by atoms with Gasteiger partial charge in [-0.05, 0) is 12.8 Å². The van der Waals surface area contributed by atoms with Gasteiger partial charge in [-0.3, -0.25) is 9.58 Å². The number of piperazine rings is 1. The maximum Gasteiger partial charge on any atom is 0.240 e. The zero-order chi connectivity index (χ0) is 16.8. The van der Waals surface area contributed by atoms with E-state index in [2.05, 4.69) is 35.0 Å². The molecule has 0 spiro atoms. The van der Waals surface area contributed by atoms with Crippen LogP contribution in [0.25, 0.3) is 11.0 Å². The maximum absolute atomic E-state index is 5.39. The normalized spacial score (nSPS) is 19.0. The number of nitrogens with zero attached hydrogens (tertiary/aromatic N) is 8. The Kier molecular flexibility index (Phi) is 3.40. The van der Waals surface area contributed by atoms with Crippen molar-refractivity contribution < 1.29 is 4.52 Å². The molecular weight excluding hydrogens is 320 g/mol. The summed E-state index contributed by atoms with van der Waals surface area (Å²) in [5.74, 6) is 3.11. The minimum absolute atomic E-state index is 0.536. The lowest BCUT2D eigenvalue weighted by molar-refractivity contribution is 0.215. The number of anilines is 1. The molecule has 9 heteroatoms. The topological polar surface area (TPSA) is 89.0 Å². The first kappa shape index (κ1) is 14.8. The molecule has 0 aromatic carbocycles. The highest BCUT2D eigenvalue weighted by atomic mass is 16.5. The molecule has 2 aliphatic rings. The molecule has 0 amide bonds. The van der Waals surface area contributed by atoms with Gasteiger partial charge in [0, 0.05) is 39.1 Å². The van der Waals surface area contributed by atoms with Gasteiger partial charge in [0.05, 0.1) is 18.1 Å². The summed E-state index contributed by atoms with van der Waals surface area (Å²) in [6, 6.07) is 0. The number of rotatable bonds is 4. The zero-order valence-electron chi connectivity index (χ0n) is 14.2. The Morgan fingerprint density at radius 1 is 1.16 bits per heavy atom. The molecule has 0 N–H and O–H groups in total. The highest BCUT2D eigenvalue weighted by Gasteiger charge is 2.29. The van der Waals surface area contributed by atoms with Gasteiger partial charge in [-0.25, -0.2) is 9.97 Å². The van der Waals surface area contributed by atoms with Crippen LogP contribution in [0, 0.1) is 0 Å². The summed E-state index contributed by atoms with van der Waals surface area (Å²) in [7, 11) is 1.90. The molecule has 1 aliphatic heterocycles. The smallest absolute Gasteiger partial charge is 0.240 e. The van der Waals surface area contributed by atoms with Crippen LogP contribution in [0.15, 0.2) is 17.0 Å². The summed E-state index contributed by atoms with van der Waals surface area (Å²) >= 11 is 0. The molecule has 1 saturated heterocycles. The van der Waals surface area contributed by atoms with E-state index in [0.717, 1.165) is 61.3 Å². The summed E-state index contributed by atoms with van der Waals surface area (Å²) in [5, 5.41) is 9.39. The van der Waals surface area contributed by atoms with Crippen LogP contribution < -0.4 is 4.90 Å². The molecule has 1 aliphatic carbocycles. The van der Waals surface area contributed by atoms with Crippen LogP contribution in [-0.4, -0.2) is 61.0 Å². The van der Waals surface area contributed by atoms with Crippen molar-refractivity contribution in [3.8, 4) is 0 Å². The van der Waals surface area contributed by atoms with Crippen LogP contribution in [0.4, 0.5) is 5.82 Å². The minimum Gasteiger partial charge on any atom is -0.353 e. The van der Waals surface area contributed by atoms with Crippen molar-refractivity contribution in [2.24, 2.45) is 7.05 Å². The third-order valence-corrected chi connectivity index (χ3v) is 4.97. The summed E-state index contributed by atoms with van der Waals surface area (Å²) < 4.78 is 7.17. The van der Waals surface area contributed by atoms with E-state index >= 15 is 0 Å². The third-order valence-electron chi connectivity index (χ3n) is 4.97. The molecule has 3 aromatic heterocycles. The number of aryl methyl sites for hydroxylation is 1. The lowest BCUT2D eigenvalue weighted by Gasteiger charge is -2.34. The van der Waals surface area contributed by atoms with Crippen molar-refractivity contribution in [3.05, 3.63) is 24.2 Å². The molecule has 3 aromatic rings. The van der Waals surface area contributed by atoms with Crippen molar-refractivity contribution in [3.63, 3.8) is 0 Å². The molecule has 9 nitrogen and oxygen atoms in total. The molecule has 0 atom stereocenters. The molecule has 0 unspecified atom stereocenters. The molecule has 0 bridgehead atoms. The van der Waals surface area contributed by atoms with E-state index in [1.54, 1.807) is 11.0 Å². The van der Waals surface area contributed by atoms with E-state index in [9.17, 15) is 0 Å². The quantitative estimate of drug-likeness (QED) is 0.693. The Labute approximate surface area is 144 Å². The predicted molar refractivity (Wildman–Crippen MR) is 90.1 cm³/mol. The molecule has 25 heavy (non-hydrogen) atoms. The minimum atomic E-state index is 0.536. The van der Waals surface area contributed by atoms with Crippen LogP contribution in [0.3, 0.4) is 0 Å². The number of hydrogen-bond donors (Lipinski definition) is 0. The van der Waals surface area contributed by atoms with Gasteiger partial charge >= 0.3 is 0 Å². The van der Waals surface area contributed by atoms with Crippen molar-refractivity contribution >= 4 is 16.9 Å². The Bertz CT molecular complexity index is 891. The van der Waals surface area contributed by atoms with Crippen molar-refractivity contribution in [2.75, 3.05) is 31.1 Å². The molecule has 5 rings (SSSR count). The predicted octanol–water partition coefficient (Wildman–Crippen LogP) is 0.946. The van der Waals surface area contributed by atoms with Gasteiger partial charge in [-0.15, -0.1) is 0 Å². The standard InChI is InChI=1S/C16H20N8O/c1-22-15-12(8-19-22)16(18-10-17-15)24-6-4-23(5-7-24)9-13-20-14(21-25-13)11-2-3-11/h8,10-11H,2-7,9H2,1H3. The average molecular weight is 340 g/mol. The summed E-state index contributed by atoms with van der Waals surface area (Å²) in [4.78, 5) is 18.0. The fourth-order valence-corrected chi connectivity index (χ4v) is 3.35. The van der Waals surface area contributed by atoms with E-state index in [4.69, 9.17) is 4.52 Å². The second-order valence-corrected chi connectivity index (χ2v) is 6.79. The van der Waals surface area contributed by atoms with E-state index in [1.807, 2.05) is 13.2 Å². The molecule has 4 heterocycles. The molecule has 0 radical (unpaired) electrons. The first-order chi connectivity index (χ1) is 12.3. The first-order valence-electron chi connectivity index (χ1n) is 8.70. The van der Waals surface area contributed by atoms with Gasteiger partial charge in [0.1, 0.15) is 12.1 Å². The van der Waals surface area contributed by atoms with Gasteiger partial charge < -0.3 is 9.42 Å². The SMILES string of the molecule is Cn1ncc2c(N3CCN(Cc4nc(C5CC5)no4)CC3)ncnc21. The van der Waals surface area contributed by atoms with Gasteiger partial charge in [-0.2, -0.15) is 10.1 Å². The lowest BCUT2D eigenvalue weighted by atomic mass is 10.2. The van der Waals surface area contributed by atoms with E-state index in [0.29, 0.717) is 5.92 Å². The fraction of sp³-hybridized carbons (Fsp3) is 0.562. The van der Waals surface area contributed by atoms with Crippen LogP contribution in [0.5, 0.6) is 0 Å². The Hall–Kier alpha value is -2.55. The Morgan fingerprint density at radius 2 is 2.00 bits per heavy atom. The third kappa shape index (κ3) is 2.74. The molecule has 130 valence electrons. The fourth-order valence-electron chi connectivity index (χ4n) is 3.35. The number of fused-ring (bicyclic) bond motifs is 1. The second kappa shape index (κ2) is 5.76. The monoisotopic (exact) mass is 340 g/mol. The van der Waals surface area contributed by atoms with Crippen LogP contribution >= 0.6 is 0 Å². The van der Waals surface area contributed by atoms with Crippen molar-refractivity contribution in [1.29, 1.82) is 0 Å². The second-order valence-electron chi connectivity index (χ2n) is 6.79. The van der Waals surface area contributed by atoms with E-state index < -0.39 is 0 Å². The zero-order valence-corrected chi connectivity index (χ0v) is 14.2. The van der Waals surface area contributed by atoms with Gasteiger partial charge in [0.2, 0.25) is 5.89 Å². The average Bonchev–Trinajstić information content (AvgIpc) is 3.28. The van der Waals surface area contributed by atoms with Crippen molar-refractivity contribution in [2.45, 2.75) is 25.3 Å². The maximum atomic E-state index is 5.39. The summed E-state index contributed by atoms with van der Waals surface area (Å²) in [6.07, 6.45) is 5.84. The van der Waals surface area contributed by atoms with Gasteiger partial charge in [-0.1, -0.05) is 5.16 Å². The highest BCUT2D eigenvalue weighted by molar-refractivity contribution is 5.86. The lowest BCUT2D eigenvalue weighted by Crippen LogP contribution is -2.46. The molecular formula is C16H20N8O. The van der Waals surface area contributed by atoms with Gasteiger partial charge in [0.25, 0.3) is 0 Å². The Balaban J connectivity index is 1.25. The van der Waals surface area contributed by atoms with E-state index in [-0.39, 0.29) is 0 Å². The first-order valence-corrected chi connectivity index (χ1v) is 8.70. The summed E-state index contributed by atoms with van der Waals surface area (Å²) in [6.45, 7) is 4.41.